The molecule has 0 saturated heterocycles. The molecule has 0 aliphatic carbocycles. The van der Waals surface area contributed by atoms with Gasteiger partial charge >= 0.3 is 0 Å². The highest BCUT2D eigenvalue weighted by atomic mass is 79.9. The molecular weight excluding hydrogens is 347 g/mol. The fourth-order valence-corrected chi connectivity index (χ4v) is 3.09. The van der Waals surface area contributed by atoms with Crippen molar-refractivity contribution in [2.45, 2.75) is 17.0 Å². The smallest absolute Gasteiger partial charge is 0.251 e. The summed E-state index contributed by atoms with van der Waals surface area (Å²) < 4.78 is 14.3. The lowest BCUT2D eigenvalue weighted by Gasteiger charge is -2.08. The molecule has 2 aromatic rings. The van der Waals surface area contributed by atoms with E-state index >= 15 is 0 Å². The van der Waals surface area contributed by atoms with Crippen molar-refractivity contribution >= 4 is 33.5 Å². The Labute approximate surface area is 126 Å². The molecule has 104 valence electrons. The third-order valence-electron chi connectivity index (χ3n) is 2.39. The number of amidine groups is 1. The van der Waals surface area contributed by atoms with Gasteiger partial charge in [-0.3, -0.25) is 10.2 Å². The Bertz CT molecular complexity index is 747. The van der Waals surface area contributed by atoms with Gasteiger partial charge in [0, 0.05) is 17.3 Å². The maximum absolute atomic E-state index is 14.2. The summed E-state index contributed by atoms with van der Waals surface area (Å²) in [5.74, 6) is -0.777. The van der Waals surface area contributed by atoms with Gasteiger partial charge in [0.05, 0.1) is 9.37 Å². The highest BCUT2D eigenvalue weighted by Crippen LogP contribution is 2.32. The largest absolute Gasteiger partial charge is 0.384 e. The Morgan fingerprint density at radius 2 is 2.25 bits per heavy atom. The topological polar surface area (TPSA) is 95.6 Å². The fourth-order valence-electron chi connectivity index (χ4n) is 1.52. The van der Waals surface area contributed by atoms with Gasteiger partial charge in [0.2, 0.25) is 0 Å². The lowest BCUT2D eigenvalue weighted by Crippen LogP contribution is -2.12. The van der Waals surface area contributed by atoms with E-state index in [2.05, 4.69) is 25.9 Å². The van der Waals surface area contributed by atoms with E-state index in [1.807, 2.05) is 0 Å². The maximum Gasteiger partial charge on any atom is 0.251 e. The van der Waals surface area contributed by atoms with E-state index in [1.54, 1.807) is 6.92 Å². The molecule has 0 fully saturated rings. The molecular formula is C12H10BrFN4OS. The van der Waals surface area contributed by atoms with Crippen molar-refractivity contribution in [2.24, 2.45) is 5.73 Å². The fraction of sp³-hybridized carbons (Fsp3) is 0.0833. The summed E-state index contributed by atoms with van der Waals surface area (Å²) >= 11 is 4.07. The third-order valence-corrected chi connectivity index (χ3v) is 4.09. The molecule has 0 aliphatic heterocycles. The van der Waals surface area contributed by atoms with Crippen molar-refractivity contribution < 1.29 is 4.39 Å². The van der Waals surface area contributed by atoms with Crippen molar-refractivity contribution in [3.63, 3.8) is 0 Å². The second-order valence-electron chi connectivity index (χ2n) is 3.95. The van der Waals surface area contributed by atoms with Crippen LogP contribution in [-0.2, 0) is 0 Å². The molecule has 4 N–H and O–H groups in total. The van der Waals surface area contributed by atoms with Crippen LogP contribution >= 0.6 is 27.7 Å². The highest BCUT2D eigenvalue weighted by molar-refractivity contribution is 9.10. The predicted molar refractivity (Wildman–Crippen MR) is 78.8 cm³/mol. The zero-order valence-corrected chi connectivity index (χ0v) is 12.7. The average molecular weight is 357 g/mol. The van der Waals surface area contributed by atoms with Crippen LogP contribution in [0.1, 0.15) is 11.3 Å². The lowest BCUT2D eigenvalue weighted by molar-refractivity contribution is 0.594. The summed E-state index contributed by atoms with van der Waals surface area (Å²) in [6.07, 6.45) is 0. The Morgan fingerprint density at radius 3 is 2.85 bits per heavy atom. The first-order valence-electron chi connectivity index (χ1n) is 5.46. The third kappa shape index (κ3) is 3.07. The van der Waals surface area contributed by atoms with E-state index in [0.29, 0.717) is 10.9 Å². The lowest BCUT2D eigenvalue weighted by atomic mass is 10.2. The quantitative estimate of drug-likeness (QED) is 0.447. The number of aromatic amines is 1. The van der Waals surface area contributed by atoms with Crippen LogP contribution in [0.15, 0.2) is 37.5 Å². The van der Waals surface area contributed by atoms with Crippen molar-refractivity contribution in [3.05, 3.63) is 50.1 Å². The van der Waals surface area contributed by atoms with Gasteiger partial charge in [-0.05, 0) is 46.7 Å². The van der Waals surface area contributed by atoms with E-state index in [-0.39, 0.29) is 26.3 Å². The monoisotopic (exact) mass is 356 g/mol. The van der Waals surface area contributed by atoms with Crippen molar-refractivity contribution in [1.82, 2.24) is 9.97 Å². The molecule has 1 heterocycles. The molecule has 1 aromatic carbocycles. The summed E-state index contributed by atoms with van der Waals surface area (Å²) in [6.45, 7) is 1.68. The number of hydrogen-bond donors (Lipinski definition) is 3. The van der Waals surface area contributed by atoms with Gasteiger partial charge in [-0.1, -0.05) is 0 Å². The Morgan fingerprint density at radius 1 is 1.55 bits per heavy atom. The van der Waals surface area contributed by atoms with E-state index in [4.69, 9.17) is 11.1 Å². The van der Waals surface area contributed by atoms with Crippen LogP contribution in [0.25, 0.3) is 0 Å². The molecule has 8 heteroatoms. The van der Waals surface area contributed by atoms with Crippen LogP contribution in [0.3, 0.4) is 0 Å². The number of aryl methyl sites for hydroxylation is 1. The molecule has 1 aromatic heterocycles. The minimum absolute atomic E-state index is 0.116. The first-order chi connectivity index (χ1) is 9.38. The Kier molecular flexibility index (Phi) is 4.24. The van der Waals surface area contributed by atoms with Gasteiger partial charge in [0.25, 0.3) is 5.56 Å². The summed E-state index contributed by atoms with van der Waals surface area (Å²) in [5, 5.41) is 7.64. The summed E-state index contributed by atoms with van der Waals surface area (Å²) in [4.78, 5) is 18.3. The molecule has 0 amide bonds. The number of rotatable bonds is 3. The van der Waals surface area contributed by atoms with Gasteiger partial charge in [0.15, 0.2) is 11.0 Å². The first-order valence-corrected chi connectivity index (χ1v) is 7.07. The number of nitrogens with zero attached hydrogens (tertiary/aromatic N) is 1. The summed E-state index contributed by atoms with van der Waals surface area (Å²) in [7, 11) is 0. The second kappa shape index (κ2) is 5.76. The molecule has 0 spiro atoms. The second-order valence-corrected chi connectivity index (χ2v) is 5.77. The molecule has 2 rings (SSSR count). The Hall–Kier alpha value is -1.67. The molecule has 0 bridgehead atoms. The number of nitrogens with two attached hydrogens (primary N) is 1. The normalized spacial score (nSPS) is 10.6. The minimum atomic E-state index is -0.549. The van der Waals surface area contributed by atoms with Gasteiger partial charge < -0.3 is 10.7 Å². The summed E-state index contributed by atoms with van der Waals surface area (Å²) in [6, 6.07) is 4.38. The number of halogens is 2. The first kappa shape index (κ1) is 14.7. The maximum atomic E-state index is 14.2. The van der Waals surface area contributed by atoms with E-state index < -0.39 is 5.82 Å². The minimum Gasteiger partial charge on any atom is -0.384 e. The molecule has 0 unspecified atom stereocenters. The van der Waals surface area contributed by atoms with Gasteiger partial charge in [-0.15, -0.1) is 0 Å². The number of nitrogen functional groups attached to an aromatic ring is 1. The molecule has 5 nitrogen and oxygen atoms in total. The number of aromatic nitrogens is 2. The Balaban J connectivity index is 2.42. The van der Waals surface area contributed by atoms with Gasteiger partial charge in [-0.2, -0.15) is 0 Å². The van der Waals surface area contributed by atoms with Crippen molar-refractivity contribution in [1.29, 1.82) is 5.41 Å². The summed E-state index contributed by atoms with van der Waals surface area (Å²) in [5.41, 5.74) is 5.88. The van der Waals surface area contributed by atoms with Gasteiger partial charge in [-0.25, -0.2) is 9.37 Å². The number of H-pyrrole nitrogens is 1. The SMILES string of the molecule is Cc1cc(=O)[nH]c(Sc2ccc(C(=N)N)c(Br)c2F)n1. The van der Waals surface area contributed by atoms with Crippen LogP contribution in [0.5, 0.6) is 0 Å². The number of benzene rings is 1. The van der Waals surface area contributed by atoms with Crippen LogP contribution < -0.4 is 11.3 Å². The molecule has 0 aliphatic rings. The molecule has 0 atom stereocenters. The van der Waals surface area contributed by atoms with Crippen LogP contribution in [0.2, 0.25) is 0 Å². The highest BCUT2D eigenvalue weighted by Gasteiger charge is 2.14. The number of hydrogen-bond acceptors (Lipinski definition) is 4. The van der Waals surface area contributed by atoms with Crippen LogP contribution in [0.4, 0.5) is 4.39 Å². The molecule has 0 saturated carbocycles. The van der Waals surface area contributed by atoms with Crippen molar-refractivity contribution in [3.8, 4) is 0 Å². The standard InChI is InChI=1S/C12H10BrFN4OS/c1-5-4-8(19)18-12(17-5)20-7-3-2-6(11(15)16)9(13)10(7)14/h2-4H,1H3,(H3,15,16)(H,17,18,19). The zero-order chi connectivity index (χ0) is 14.9. The van der Waals surface area contributed by atoms with Gasteiger partial charge in [0.1, 0.15) is 5.84 Å². The molecule has 0 radical (unpaired) electrons. The number of nitrogens with one attached hydrogen (secondary N) is 2. The average Bonchev–Trinajstić information content (AvgIpc) is 2.33. The van der Waals surface area contributed by atoms with Crippen LogP contribution in [0, 0.1) is 18.2 Å². The van der Waals surface area contributed by atoms with E-state index in [1.165, 1.54) is 18.2 Å². The van der Waals surface area contributed by atoms with Crippen LogP contribution in [-0.4, -0.2) is 15.8 Å². The zero-order valence-electron chi connectivity index (χ0n) is 10.3. The predicted octanol–water partition coefficient (Wildman–Crippen LogP) is 2.42. The molecule has 20 heavy (non-hydrogen) atoms. The van der Waals surface area contributed by atoms with E-state index in [9.17, 15) is 9.18 Å². The van der Waals surface area contributed by atoms with E-state index in [0.717, 1.165) is 11.8 Å². The van der Waals surface area contributed by atoms with Crippen molar-refractivity contribution in [2.75, 3.05) is 0 Å².